The van der Waals surface area contributed by atoms with Crippen molar-refractivity contribution in [2.45, 2.75) is 33.1 Å². The summed E-state index contributed by atoms with van der Waals surface area (Å²) in [6.45, 7) is 12.2. The molecule has 4 rings (SSSR count). The normalized spacial score (nSPS) is 14.7. The third-order valence-electron chi connectivity index (χ3n) is 5.97. The van der Waals surface area contributed by atoms with Crippen LogP contribution in [0, 0.1) is 12.7 Å². The van der Waals surface area contributed by atoms with Crippen molar-refractivity contribution in [3.8, 4) is 11.4 Å². The van der Waals surface area contributed by atoms with E-state index in [1.54, 1.807) is 16.8 Å². The quantitative estimate of drug-likeness (QED) is 0.536. The summed E-state index contributed by atoms with van der Waals surface area (Å²) in [5.41, 5.74) is 2.37. The average molecular weight is 481 g/mol. The fourth-order valence-electron chi connectivity index (χ4n) is 3.85. The van der Waals surface area contributed by atoms with Gasteiger partial charge in [-0.2, -0.15) is 5.10 Å². The summed E-state index contributed by atoms with van der Waals surface area (Å²) in [4.78, 5) is 15.5. The fourth-order valence-corrected chi connectivity index (χ4v) is 3.85. The number of nitrogens with one attached hydrogen (secondary N) is 1. The number of carbonyl (C=O) groups excluding carboxylic acids is 1. The Balaban J connectivity index is 1.57. The second kappa shape index (κ2) is 10.6. The zero-order valence-electron chi connectivity index (χ0n) is 20.8. The number of morpholine rings is 1. The average Bonchev–Trinajstić information content (AvgIpc) is 3.24. The molecule has 8 heteroatoms. The summed E-state index contributed by atoms with van der Waals surface area (Å²) in [6, 6.07) is 14.1. The molecule has 1 saturated heterocycles. The molecule has 0 unspecified atom stereocenters. The smallest absolute Gasteiger partial charge is 0.263 e. The molecule has 1 aromatic heterocycles. The van der Waals surface area contributed by atoms with Crippen LogP contribution in [-0.2, 0) is 10.2 Å². The molecule has 0 saturated carbocycles. The highest BCUT2D eigenvalue weighted by Gasteiger charge is 2.24. The number of anilines is 1. The predicted octanol–water partition coefficient (Wildman–Crippen LogP) is 4.58. The number of carbonyl (C=O) groups is 1. The first-order valence-corrected chi connectivity index (χ1v) is 11.9. The maximum atomic E-state index is 14.9. The van der Waals surface area contributed by atoms with E-state index in [9.17, 15) is 9.18 Å². The van der Waals surface area contributed by atoms with Crippen LogP contribution in [0.2, 0.25) is 0 Å². The number of nitrogens with zero attached hydrogens (tertiary/aromatic N) is 3. The second-order valence-corrected chi connectivity index (χ2v) is 9.78. The molecule has 2 aromatic carbocycles. The Hall–Kier alpha value is -3.23. The van der Waals surface area contributed by atoms with Gasteiger partial charge in [0.15, 0.2) is 0 Å². The molecule has 0 aliphatic carbocycles. The Kier molecular flexibility index (Phi) is 7.52. The number of ether oxygens (including phenoxy) is 2. The highest BCUT2D eigenvalue weighted by atomic mass is 19.1. The van der Waals surface area contributed by atoms with Crippen molar-refractivity contribution in [3.05, 3.63) is 71.2 Å². The highest BCUT2D eigenvalue weighted by Crippen LogP contribution is 2.28. The lowest BCUT2D eigenvalue weighted by Gasteiger charge is -2.26. The number of amides is 1. The Bertz CT molecular complexity index is 1160. The molecule has 1 fully saturated rings. The first-order chi connectivity index (χ1) is 16.7. The molecule has 0 radical (unpaired) electrons. The van der Waals surface area contributed by atoms with Crippen LogP contribution in [-0.4, -0.2) is 60.0 Å². The van der Waals surface area contributed by atoms with E-state index in [1.807, 2.05) is 37.3 Å². The van der Waals surface area contributed by atoms with Crippen molar-refractivity contribution >= 4 is 11.7 Å². The van der Waals surface area contributed by atoms with E-state index in [1.165, 1.54) is 6.07 Å². The van der Waals surface area contributed by atoms with Gasteiger partial charge in [-0.25, -0.2) is 9.07 Å². The van der Waals surface area contributed by atoms with Crippen LogP contribution in [0.25, 0.3) is 5.69 Å². The molecule has 0 spiro atoms. The van der Waals surface area contributed by atoms with E-state index in [0.717, 1.165) is 30.0 Å². The molecular weight excluding hydrogens is 447 g/mol. The van der Waals surface area contributed by atoms with Gasteiger partial charge in [-0.3, -0.25) is 9.69 Å². The first-order valence-electron chi connectivity index (χ1n) is 11.9. The number of halogens is 1. The molecule has 1 aliphatic heterocycles. The molecule has 0 atom stereocenters. The van der Waals surface area contributed by atoms with Crippen molar-refractivity contribution in [2.24, 2.45) is 0 Å². The third-order valence-corrected chi connectivity index (χ3v) is 5.97. The Morgan fingerprint density at radius 2 is 1.86 bits per heavy atom. The van der Waals surface area contributed by atoms with E-state index in [4.69, 9.17) is 14.6 Å². The summed E-state index contributed by atoms with van der Waals surface area (Å²) >= 11 is 0. The number of aryl methyl sites for hydroxylation is 1. The predicted molar refractivity (Wildman–Crippen MR) is 134 cm³/mol. The van der Waals surface area contributed by atoms with Crippen LogP contribution >= 0.6 is 0 Å². The topological polar surface area (TPSA) is 68.6 Å². The van der Waals surface area contributed by atoms with Gasteiger partial charge >= 0.3 is 0 Å². The van der Waals surface area contributed by atoms with Crippen molar-refractivity contribution in [1.82, 2.24) is 14.7 Å². The summed E-state index contributed by atoms with van der Waals surface area (Å²) in [7, 11) is 0. The van der Waals surface area contributed by atoms with Gasteiger partial charge in [0, 0.05) is 31.1 Å². The molecular formula is C27H33FN4O3. The van der Waals surface area contributed by atoms with Crippen LogP contribution in [0.1, 0.15) is 42.4 Å². The summed E-state index contributed by atoms with van der Waals surface area (Å²) < 4.78 is 27.8. The maximum Gasteiger partial charge on any atom is 0.263 e. The van der Waals surface area contributed by atoms with Crippen LogP contribution in [0.5, 0.6) is 5.75 Å². The van der Waals surface area contributed by atoms with Gasteiger partial charge in [-0.15, -0.1) is 0 Å². The van der Waals surface area contributed by atoms with Gasteiger partial charge in [-0.1, -0.05) is 44.5 Å². The molecule has 35 heavy (non-hydrogen) atoms. The minimum Gasteiger partial charge on any atom is -0.491 e. The van der Waals surface area contributed by atoms with Gasteiger partial charge in [0.25, 0.3) is 5.91 Å². The number of benzene rings is 2. The molecule has 1 aliphatic rings. The van der Waals surface area contributed by atoms with E-state index in [0.29, 0.717) is 32.2 Å². The summed E-state index contributed by atoms with van der Waals surface area (Å²) in [6.07, 6.45) is 0. The van der Waals surface area contributed by atoms with Gasteiger partial charge in [0.1, 0.15) is 29.6 Å². The summed E-state index contributed by atoms with van der Waals surface area (Å²) in [5.74, 6) is -0.540. The van der Waals surface area contributed by atoms with Crippen molar-refractivity contribution in [1.29, 1.82) is 0 Å². The van der Waals surface area contributed by atoms with Crippen molar-refractivity contribution in [2.75, 3.05) is 44.8 Å². The van der Waals surface area contributed by atoms with Gasteiger partial charge in [0.2, 0.25) is 0 Å². The van der Waals surface area contributed by atoms with Gasteiger partial charge < -0.3 is 14.8 Å². The van der Waals surface area contributed by atoms with E-state index >= 15 is 0 Å². The minimum absolute atomic E-state index is 0.122. The lowest BCUT2D eigenvalue weighted by molar-refractivity contribution is 0.0322. The monoisotopic (exact) mass is 480 g/mol. The number of aromatic nitrogens is 2. The molecule has 2 heterocycles. The summed E-state index contributed by atoms with van der Waals surface area (Å²) in [5, 5.41) is 7.60. The van der Waals surface area contributed by atoms with Crippen LogP contribution in [0.4, 0.5) is 10.2 Å². The Morgan fingerprint density at radius 1 is 1.14 bits per heavy atom. The van der Waals surface area contributed by atoms with E-state index in [-0.39, 0.29) is 16.7 Å². The third kappa shape index (κ3) is 6.07. The first kappa shape index (κ1) is 24.9. The molecule has 186 valence electrons. The zero-order valence-corrected chi connectivity index (χ0v) is 20.8. The Morgan fingerprint density at radius 3 is 2.54 bits per heavy atom. The molecule has 1 N–H and O–H groups in total. The fraction of sp³-hybridized carbons (Fsp3) is 0.407. The standard InChI is InChI=1S/C27H33FN4O3/c1-19-8-10-20(11-9-19)32-24(18-23(30-32)27(2,3)4)29-26(33)25-21(28)6-5-7-22(25)35-17-14-31-12-15-34-16-13-31/h5-11,18H,12-17H2,1-4H3,(H,29,33). The maximum absolute atomic E-state index is 14.9. The Labute approximate surface area is 205 Å². The van der Waals surface area contributed by atoms with E-state index < -0.39 is 11.7 Å². The SMILES string of the molecule is Cc1ccc(-n2nc(C(C)(C)C)cc2NC(=O)c2c(F)cccc2OCCN2CCOCC2)cc1. The molecule has 1 amide bonds. The van der Waals surface area contributed by atoms with Crippen LogP contribution in [0.15, 0.2) is 48.5 Å². The largest absolute Gasteiger partial charge is 0.491 e. The molecule has 3 aromatic rings. The zero-order chi connectivity index (χ0) is 25.0. The highest BCUT2D eigenvalue weighted by molar-refractivity contribution is 6.06. The lowest BCUT2D eigenvalue weighted by atomic mass is 9.92. The lowest BCUT2D eigenvalue weighted by Crippen LogP contribution is -2.38. The van der Waals surface area contributed by atoms with Crippen molar-refractivity contribution in [3.63, 3.8) is 0 Å². The van der Waals surface area contributed by atoms with E-state index in [2.05, 4.69) is 31.0 Å². The van der Waals surface area contributed by atoms with Crippen LogP contribution in [0.3, 0.4) is 0 Å². The molecule has 7 nitrogen and oxygen atoms in total. The van der Waals surface area contributed by atoms with Crippen molar-refractivity contribution < 1.29 is 18.7 Å². The number of rotatable bonds is 7. The second-order valence-electron chi connectivity index (χ2n) is 9.78. The van der Waals surface area contributed by atoms with Gasteiger partial charge in [-0.05, 0) is 31.2 Å². The number of hydrogen-bond acceptors (Lipinski definition) is 5. The minimum atomic E-state index is -0.635. The van der Waals surface area contributed by atoms with Crippen LogP contribution < -0.4 is 10.1 Å². The molecule has 0 bridgehead atoms. The number of hydrogen-bond donors (Lipinski definition) is 1. The van der Waals surface area contributed by atoms with Gasteiger partial charge in [0.05, 0.1) is 24.6 Å².